The average molecular weight is 628 g/mol. The number of hydrogen-bond acceptors (Lipinski definition) is 7. The highest BCUT2D eigenvalue weighted by Crippen LogP contribution is 2.32. The molecule has 0 saturated carbocycles. The minimum Gasteiger partial charge on any atom is -0.465 e. The zero-order valence-corrected chi connectivity index (χ0v) is 27.7. The van der Waals surface area contributed by atoms with E-state index in [2.05, 4.69) is 34.3 Å². The molecule has 0 spiro atoms. The van der Waals surface area contributed by atoms with Gasteiger partial charge >= 0.3 is 6.09 Å². The van der Waals surface area contributed by atoms with Gasteiger partial charge in [0.25, 0.3) is 0 Å². The van der Waals surface area contributed by atoms with Gasteiger partial charge in [0, 0.05) is 57.7 Å². The van der Waals surface area contributed by atoms with E-state index in [1.807, 2.05) is 61.3 Å². The van der Waals surface area contributed by atoms with Crippen molar-refractivity contribution in [2.24, 2.45) is 5.92 Å². The number of imidazole rings is 1. The SMILES string of the molecule is Cc1c(Oc2ccc3nc(C)n(COCC[Si](C)(C)C)c3c2)ccc2ncc(-c3cnn(CC4CCN(C(=O)O)CC4)c3)nc12. The molecule has 1 N–H and O–H groups in total. The molecule has 236 valence electrons. The molecule has 0 radical (unpaired) electrons. The highest BCUT2D eigenvalue weighted by Gasteiger charge is 2.23. The molecule has 1 amide bonds. The van der Waals surface area contributed by atoms with Crippen LogP contribution in [0, 0.1) is 19.8 Å². The van der Waals surface area contributed by atoms with Crippen LogP contribution in [-0.4, -0.2) is 73.2 Å². The van der Waals surface area contributed by atoms with Gasteiger partial charge in [0.05, 0.1) is 40.2 Å². The van der Waals surface area contributed by atoms with Crippen LogP contribution in [0.4, 0.5) is 4.79 Å². The number of benzene rings is 2. The largest absolute Gasteiger partial charge is 0.465 e. The van der Waals surface area contributed by atoms with Crippen LogP contribution in [0.1, 0.15) is 24.2 Å². The minimum absolute atomic E-state index is 0.391. The molecule has 0 bridgehead atoms. The molecule has 1 aliphatic heterocycles. The second-order valence-corrected chi connectivity index (χ2v) is 18.8. The maximum atomic E-state index is 11.2. The molecule has 0 atom stereocenters. The van der Waals surface area contributed by atoms with E-state index in [0.717, 1.165) is 76.7 Å². The van der Waals surface area contributed by atoms with Gasteiger partial charge in [-0.05, 0) is 62.9 Å². The monoisotopic (exact) mass is 627 g/mol. The molecule has 1 aliphatic rings. The van der Waals surface area contributed by atoms with Gasteiger partial charge in [-0.2, -0.15) is 5.10 Å². The van der Waals surface area contributed by atoms with Crippen molar-refractivity contribution in [1.82, 2.24) is 34.2 Å². The lowest BCUT2D eigenvalue weighted by molar-refractivity contribution is 0.0885. The molecule has 1 saturated heterocycles. The first kappa shape index (κ1) is 30.7. The number of aryl methyl sites for hydroxylation is 2. The summed E-state index contributed by atoms with van der Waals surface area (Å²) in [6, 6.07) is 10.9. The van der Waals surface area contributed by atoms with Crippen LogP contribution in [0.3, 0.4) is 0 Å². The van der Waals surface area contributed by atoms with Gasteiger partial charge in [-0.25, -0.2) is 14.8 Å². The predicted octanol–water partition coefficient (Wildman–Crippen LogP) is 6.95. The summed E-state index contributed by atoms with van der Waals surface area (Å²) in [7, 11) is -1.16. The Bertz CT molecular complexity index is 1840. The lowest BCUT2D eigenvalue weighted by Crippen LogP contribution is -2.38. The fourth-order valence-electron chi connectivity index (χ4n) is 5.72. The predicted molar refractivity (Wildman–Crippen MR) is 176 cm³/mol. The highest BCUT2D eigenvalue weighted by atomic mass is 28.3. The Balaban J connectivity index is 1.18. The quantitative estimate of drug-likeness (QED) is 0.130. The summed E-state index contributed by atoms with van der Waals surface area (Å²) in [5, 5.41) is 13.8. The molecular formula is C33H41N7O4Si. The summed E-state index contributed by atoms with van der Waals surface area (Å²) in [6.07, 6.45) is 6.40. The molecule has 5 aromatic rings. The molecule has 11 nitrogen and oxygen atoms in total. The van der Waals surface area contributed by atoms with Crippen LogP contribution in [0.25, 0.3) is 33.3 Å². The second-order valence-electron chi connectivity index (χ2n) is 13.2. The van der Waals surface area contributed by atoms with Gasteiger partial charge in [-0.1, -0.05) is 19.6 Å². The Morgan fingerprint density at radius 3 is 2.58 bits per heavy atom. The number of aromatic nitrogens is 6. The van der Waals surface area contributed by atoms with Gasteiger partial charge in [-0.15, -0.1) is 0 Å². The summed E-state index contributed by atoms with van der Waals surface area (Å²) in [6.45, 7) is 14.2. The number of nitrogens with zero attached hydrogens (tertiary/aromatic N) is 7. The number of piperidine rings is 1. The second kappa shape index (κ2) is 12.6. The van der Waals surface area contributed by atoms with Crippen molar-refractivity contribution in [2.75, 3.05) is 19.7 Å². The van der Waals surface area contributed by atoms with E-state index in [4.69, 9.17) is 19.4 Å². The Morgan fingerprint density at radius 1 is 1.04 bits per heavy atom. The summed E-state index contributed by atoms with van der Waals surface area (Å²) in [5.41, 5.74) is 5.98. The topological polar surface area (TPSA) is 120 Å². The average Bonchev–Trinajstić information content (AvgIpc) is 3.60. The van der Waals surface area contributed by atoms with Crippen LogP contribution in [0.2, 0.25) is 25.7 Å². The molecule has 12 heteroatoms. The zero-order chi connectivity index (χ0) is 31.7. The first-order valence-electron chi connectivity index (χ1n) is 15.5. The first-order valence-corrected chi connectivity index (χ1v) is 19.2. The van der Waals surface area contributed by atoms with E-state index in [9.17, 15) is 9.90 Å². The molecule has 0 aliphatic carbocycles. The van der Waals surface area contributed by atoms with Gasteiger partial charge in [0.1, 0.15) is 24.1 Å². The minimum atomic E-state index is -1.16. The van der Waals surface area contributed by atoms with Crippen molar-refractivity contribution in [3.05, 3.63) is 60.3 Å². The number of hydrogen-bond donors (Lipinski definition) is 1. The third-order valence-electron chi connectivity index (χ3n) is 8.53. The first-order chi connectivity index (χ1) is 21.5. The maximum absolute atomic E-state index is 11.2. The van der Waals surface area contributed by atoms with E-state index in [-0.39, 0.29) is 0 Å². The third kappa shape index (κ3) is 7.02. The van der Waals surface area contributed by atoms with Crippen molar-refractivity contribution in [2.45, 2.75) is 65.6 Å². The van der Waals surface area contributed by atoms with Crippen molar-refractivity contribution in [1.29, 1.82) is 0 Å². The number of rotatable bonds is 10. The molecule has 45 heavy (non-hydrogen) atoms. The fourth-order valence-corrected chi connectivity index (χ4v) is 6.48. The van der Waals surface area contributed by atoms with E-state index >= 15 is 0 Å². The number of amides is 1. The molecule has 0 unspecified atom stereocenters. The lowest BCUT2D eigenvalue weighted by atomic mass is 9.97. The Labute approximate surface area is 263 Å². The lowest BCUT2D eigenvalue weighted by Gasteiger charge is -2.29. The van der Waals surface area contributed by atoms with Gasteiger partial charge in [0.15, 0.2) is 0 Å². The Hall–Kier alpha value is -4.29. The molecular weight excluding hydrogens is 586 g/mol. The van der Waals surface area contributed by atoms with Crippen LogP contribution in [0.5, 0.6) is 11.5 Å². The van der Waals surface area contributed by atoms with Crippen molar-refractivity contribution in [3.63, 3.8) is 0 Å². The van der Waals surface area contributed by atoms with E-state index in [1.54, 1.807) is 6.20 Å². The Morgan fingerprint density at radius 2 is 1.82 bits per heavy atom. The number of fused-ring (bicyclic) bond motifs is 2. The van der Waals surface area contributed by atoms with Crippen LogP contribution in [-0.2, 0) is 18.0 Å². The van der Waals surface area contributed by atoms with Gasteiger partial charge in [-0.3, -0.25) is 9.67 Å². The van der Waals surface area contributed by atoms with E-state index < -0.39 is 14.2 Å². The summed E-state index contributed by atoms with van der Waals surface area (Å²) in [4.78, 5) is 27.1. The number of likely N-dealkylation sites (tertiary alicyclic amines) is 1. The highest BCUT2D eigenvalue weighted by molar-refractivity contribution is 6.76. The maximum Gasteiger partial charge on any atom is 0.407 e. The third-order valence-corrected chi connectivity index (χ3v) is 10.2. The summed E-state index contributed by atoms with van der Waals surface area (Å²) in [5.74, 6) is 2.73. The number of carboxylic acid groups (broad SMARTS) is 1. The fraction of sp³-hybridized carbons (Fsp3) is 0.424. The normalized spacial score (nSPS) is 14.5. The molecule has 1 fully saturated rings. The van der Waals surface area contributed by atoms with Crippen molar-refractivity contribution < 1.29 is 19.4 Å². The van der Waals surface area contributed by atoms with Crippen LogP contribution < -0.4 is 4.74 Å². The van der Waals surface area contributed by atoms with Gasteiger partial charge < -0.3 is 24.0 Å². The van der Waals surface area contributed by atoms with Crippen LogP contribution in [0.15, 0.2) is 48.9 Å². The summed E-state index contributed by atoms with van der Waals surface area (Å²) >= 11 is 0. The van der Waals surface area contributed by atoms with Gasteiger partial charge in [0.2, 0.25) is 0 Å². The van der Waals surface area contributed by atoms with Crippen LogP contribution >= 0.6 is 0 Å². The zero-order valence-electron chi connectivity index (χ0n) is 26.7. The smallest absolute Gasteiger partial charge is 0.407 e. The molecule has 6 rings (SSSR count). The van der Waals surface area contributed by atoms with E-state index in [0.29, 0.717) is 37.2 Å². The van der Waals surface area contributed by atoms with Crippen molar-refractivity contribution >= 4 is 36.2 Å². The molecule has 3 aromatic heterocycles. The number of carbonyl (C=O) groups is 1. The van der Waals surface area contributed by atoms with Crippen molar-refractivity contribution in [3.8, 4) is 22.8 Å². The Kier molecular flexibility index (Phi) is 8.60. The number of ether oxygens (including phenoxy) is 2. The standard InChI is InChI=1S/C33H41N7O4Si/c1-22-31(44-26-6-7-27-30(16-26)40(23(2)36-27)21-43-14-15-45(3,4)5)9-8-28-32(22)37-29(18-34-28)25-17-35-39(20-25)19-24-10-12-38(13-11-24)33(41)42/h6-9,16-18,20,24H,10-15,19,21H2,1-5H3,(H,41,42). The molecule has 2 aromatic carbocycles. The summed E-state index contributed by atoms with van der Waals surface area (Å²) < 4.78 is 16.5. The molecule has 4 heterocycles. The van der Waals surface area contributed by atoms with E-state index in [1.165, 1.54) is 4.90 Å².